The Morgan fingerprint density at radius 2 is 1.92 bits per heavy atom. The van der Waals surface area contributed by atoms with E-state index in [-0.39, 0.29) is 0 Å². The topological polar surface area (TPSA) is 81.1 Å². The molecule has 4 rings (SSSR count). The number of methoxy groups -OCH3 is 1. The summed E-state index contributed by atoms with van der Waals surface area (Å²) in [5, 5.41) is 0. The second-order valence-electron chi connectivity index (χ2n) is 5.83. The largest absolute Gasteiger partial charge is 0.497 e. The number of carbonyl (C=O) groups excluding carboxylic acids is 1. The van der Waals surface area contributed by atoms with Crippen LogP contribution in [0.4, 0.5) is 11.6 Å². The van der Waals surface area contributed by atoms with Crippen LogP contribution in [0.2, 0.25) is 0 Å². The summed E-state index contributed by atoms with van der Waals surface area (Å²) in [4.78, 5) is 18.1. The average Bonchev–Trinajstić information content (AvgIpc) is 3.17. The molecule has 0 fully saturated rings. The van der Waals surface area contributed by atoms with Crippen LogP contribution in [0.1, 0.15) is 27.7 Å². The molecule has 2 aromatic carbocycles. The summed E-state index contributed by atoms with van der Waals surface area (Å²) in [6, 6.07) is 16.6. The summed E-state index contributed by atoms with van der Waals surface area (Å²) < 4.78 is 10.7. The van der Waals surface area contributed by atoms with E-state index in [9.17, 15) is 4.79 Å². The van der Waals surface area contributed by atoms with Crippen LogP contribution in [-0.2, 0) is 0 Å². The van der Waals surface area contributed by atoms with Crippen LogP contribution < -0.4 is 15.4 Å². The van der Waals surface area contributed by atoms with Gasteiger partial charge in [-0.1, -0.05) is 24.3 Å². The number of anilines is 1. The number of furan rings is 1. The number of aliphatic imine (C=N–C) groups is 1. The molecule has 2 N–H and O–H groups in total. The summed E-state index contributed by atoms with van der Waals surface area (Å²) in [5.41, 5.74) is 9.37. The lowest BCUT2D eigenvalue weighted by molar-refractivity contribution is 0.112. The van der Waals surface area contributed by atoms with Gasteiger partial charge < -0.3 is 19.8 Å². The zero-order valence-electron chi connectivity index (χ0n) is 14.1. The first-order chi connectivity index (χ1) is 12.7. The van der Waals surface area contributed by atoms with Crippen molar-refractivity contribution in [3.8, 4) is 5.75 Å². The van der Waals surface area contributed by atoms with Crippen molar-refractivity contribution in [2.45, 2.75) is 6.17 Å². The van der Waals surface area contributed by atoms with E-state index in [0.29, 0.717) is 22.8 Å². The Kier molecular flexibility index (Phi) is 4.02. The van der Waals surface area contributed by atoms with E-state index in [1.165, 1.54) is 0 Å². The molecule has 6 heteroatoms. The number of rotatable bonds is 4. The average molecular weight is 347 g/mol. The van der Waals surface area contributed by atoms with Crippen LogP contribution in [0, 0.1) is 0 Å². The summed E-state index contributed by atoms with van der Waals surface area (Å²) >= 11 is 0. The molecule has 3 aromatic rings. The van der Waals surface area contributed by atoms with Gasteiger partial charge in [0.25, 0.3) is 0 Å². The number of carbonyl (C=O) groups is 1. The van der Waals surface area contributed by atoms with Gasteiger partial charge in [0, 0.05) is 16.8 Å². The zero-order valence-corrected chi connectivity index (χ0v) is 14.1. The Morgan fingerprint density at radius 3 is 2.65 bits per heavy atom. The third-order valence-corrected chi connectivity index (χ3v) is 4.39. The molecule has 0 radical (unpaired) electrons. The molecule has 6 nitrogen and oxygen atoms in total. The van der Waals surface area contributed by atoms with E-state index < -0.39 is 6.17 Å². The number of nitrogens with two attached hydrogens (primary N) is 1. The molecule has 2 heterocycles. The normalized spacial score (nSPS) is 16.0. The summed E-state index contributed by atoms with van der Waals surface area (Å²) in [7, 11) is 1.62. The molecule has 0 saturated carbocycles. The molecule has 0 bridgehead atoms. The maximum atomic E-state index is 11.5. The highest BCUT2D eigenvalue weighted by Gasteiger charge is 2.32. The van der Waals surface area contributed by atoms with Crippen LogP contribution >= 0.6 is 0 Å². The lowest BCUT2D eigenvalue weighted by atomic mass is 10.0. The van der Waals surface area contributed by atoms with Crippen LogP contribution in [0.25, 0.3) is 0 Å². The molecule has 1 aliphatic heterocycles. The lowest BCUT2D eigenvalue weighted by Gasteiger charge is -2.34. The van der Waals surface area contributed by atoms with Crippen molar-refractivity contribution in [3.05, 3.63) is 77.6 Å². The minimum atomic E-state index is -0.496. The van der Waals surface area contributed by atoms with Gasteiger partial charge in [-0.15, -0.1) is 0 Å². The molecule has 1 aliphatic rings. The highest BCUT2D eigenvalue weighted by Crippen LogP contribution is 2.38. The number of benzene rings is 2. The fourth-order valence-corrected chi connectivity index (χ4v) is 3.07. The predicted molar refractivity (Wildman–Crippen MR) is 99.1 cm³/mol. The van der Waals surface area contributed by atoms with Gasteiger partial charge in [0.1, 0.15) is 17.8 Å². The minimum absolute atomic E-state index is 0.456. The molecule has 0 saturated heterocycles. The maximum absolute atomic E-state index is 11.5. The summed E-state index contributed by atoms with van der Waals surface area (Å²) in [6.07, 6.45) is 1.88. The molecule has 1 aromatic heterocycles. The van der Waals surface area contributed by atoms with Crippen LogP contribution in [-0.4, -0.2) is 19.2 Å². The Bertz CT molecular complexity index is 976. The molecular formula is C20H17N3O3. The van der Waals surface area contributed by atoms with Crippen LogP contribution in [0.5, 0.6) is 5.75 Å². The van der Waals surface area contributed by atoms with E-state index in [1.807, 2.05) is 53.4 Å². The molecule has 0 amide bonds. The van der Waals surface area contributed by atoms with Gasteiger partial charge in [-0.25, -0.2) is 0 Å². The van der Waals surface area contributed by atoms with Crippen molar-refractivity contribution in [2.75, 3.05) is 12.0 Å². The highest BCUT2D eigenvalue weighted by atomic mass is 16.5. The Labute approximate surface area is 150 Å². The summed E-state index contributed by atoms with van der Waals surface area (Å²) in [6.45, 7) is 0. The number of ether oxygens (including phenoxy) is 1. The summed E-state index contributed by atoms with van der Waals surface area (Å²) in [5.74, 6) is 1.76. The van der Waals surface area contributed by atoms with Crippen LogP contribution in [0.15, 0.2) is 70.3 Å². The van der Waals surface area contributed by atoms with Gasteiger partial charge >= 0.3 is 0 Å². The molecular weight excluding hydrogens is 330 g/mol. The quantitative estimate of drug-likeness (QED) is 0.729. The molecule has 0 aliphatic carbocycles. The van der Waals surface area contributed by atoms with Crippen LogP contribution in [0.3, 0.4) is 0 Å². The number of fused-ring (bicyclic) bond motifs is 1. The Hall–Kier alpha value is -3.38. The molecule has 26 heavy (non-hydrogen) atoms. The monoisotopic (exact) mass is 347 g/mol. The van der Waals surface area contributed by atoms with Crippen molar-refractivity contribution in [2.24, 2.45) is 10.7 Å². The second kappa shape index (κ2) is 6.50. The molecule has 1 atom stereocenters. The third kappa shape index (κ3) is 2.57. The smallest absolute Gasteiger partial charge is 0.227 e. The first kappa shape index (κ1) is 16.1. The van der Waals surface area contributed by atoms with Gasteiger partial charge in [-0.3, -0.25) is 4.79 Å². The van der Waals surface area contributed by atoms with Gasteiger partial charge in [-0.05, 0) is 30.3 Å². The van der Waals surface area contributed by atoms with Gasteiger partial charge in [-0.2, -0.15) is 4.99 Å². The zero-order chi connectivity index (χ0) is 18.1. The highest BCUT2D eigenvalue weighted by molar-refractivity contribution is 6.15. The van der Waals surface area contributed by atoms with Gasteiger partial charge in [0.2, 0.25) is 5.88 Å². The lowest BCUT2D eigenvalue weighted by Crippen LogP contribution is -2.42. The first-order valence-electron chi connectivity index (χ1n) is 8.12. The maximum Gasteiger partial charge on any atom is 0.227 e. The molecule has 0 spiro atoms. The van der Waals surface area contributed by atoms with Crippen molar-refractivity contribution in [1.29, 1.82) is 0 Å². The number of hydrogen-bond donors (Lipinski definition) is 1. The van der Waals surface area contributed by atoms with Crippen molar-refractivity contribution >= 4 is 23.7 Å². The predicted octanol–water partition coefficient (Wildman–Crippen LogP) is 3.66. The number of nitrogens with zero attached hydrogens (tertiary/aromatic N) is 2. The number of amidine groups is 1. The van der Waals surface area contributed by atoms with Crippen molar-refractivity contribution in [1.82, 2.24) is 0 Å². The van der Waals surface area contributed by atoms with Gasteiger partial charge in [0.15, 0.2) is 6.29 Å². The van der Waals surface area contributed by atoms with Gasteiger partial charge in [0.05, 0.1) is 18.9 Å². The SMILES string of the molecule is COc1ccc(N2C(c3ccccc3C=O)=Nc3occc3C2N)cc1. The fourth-order valence-electron chi connectivity index (χ4n) is 3.07. The Morgan fingerprint density at radius 1 is 1.15 bits per heavy atom. The Balaban J connectivity index is 1.90. The minimum Gasteiger partial charge on any atom is -0.497 e. The molecule has 130 valence electrons. The van der Waals surface area contributed by atoms with Crippen molar-refractivity contribution < 1.29 is 13.9 Å². The number of aldehydes is 1. The first-order valence-corrected chi connectivity index (χ1v) is 8.12. The fraction of sp³-hybridized carbons (Fsp3) is 0.100. The number of hydrogen-bond acceptors (Lipinski definition) is 6. The van der Waals surface area contributed by atoms with E-state index in [4.69, 9.17) is 14.9 Å². The van der Waals surface area contributed by atoms with E-state index in [1.54, 1.807) is 19.4 Å². The van der Waals surface area contributed by atoms with E-state index >= 15 is 0 Å². The van der Waals surface area contributed by atoms with E-state index in [2.05, 4.69) is 4.99 Å². The standard InChI is InChI=1S/C20H17N3O3/c1-25-15-8-6-14(7-9-15)23-18(21)17-10-11-26-20(17)22-19(23)16-5-3-2-4-13(16)12-24/h2-12,18H,21H2,1H3. The van der Waals surface area contributed by atoms with Crippen molar-refractivity contribution in [3.63, 3.8) is 0 Å². The third-order valence-electron chi connectivity index (χ3n) is 4.39. The molecule has 1 unspecified atom stereocenters. The van der Waals surface area contributed by atoms with E-state index in [0.717, 1.165) is 23.3 Å². The second-order valence-corrected chi connectivity index (χ2v) is 5.83.